The first-order valence-electron chi connectivity index (χ1n) is 6.63. The van der Waals surface area contributed by atoms with Gasteiger partial charge in [-0.05, 0) is 36.6 Å². The Labute approximate surface area is 128 Å². The Morgan fingerprint density at radius 3 is 2.70 bits per heavy atom. The molecule has 1 aliphatic rings. The van der Waals surface area contributed by atoms with Crippen LogP contribution in [0.3, 0.4) is 0 Å². The standard InChI is InChI=1S/C16H15Cl2NO/c17-11-7-10-5-6-12(9-19)20-16(10)14(8-11)13-3-1-2-4-15(13)18/h1-4,7-8,12H,5-6,9,19H2/t12-/m1/s1. The van der Waals surface area contributed by atoms with Gasteiger partial charge in [-0.2, -0.15) is 0 Å². The summed E-state index contributed by atoms with van der Waals surface area (Å²) in [6.07, 6.45) is 1.91. The predicted molar refractivity (Wildman–Crippen MR) is 83.7 cm³/mol. The van der Waals surface area contributed by atoms with Gasteiger partial charge in [0.2, 0.25) is 0 Å². The maximum absolute atomic E-state index is 6.30. The summed E-state index contributed by atoms with van der Waals surface area (Å²) < 4.78 is 6.03. The van der Waals surface area contributed by atoms with Gasteiger partial charge in [-0.1, -0.05) is 41.4 Å². The topological polar surface area (TPSA) is 35.2 Å². The van der Waals surface area contributed by atoms with Crippen molar-refractivity contribution in [2.45, 2.75) is 18.9 Å². The van der Waals surface area contributed by atoms with Crippen LogP contribution in [0.15, 0.2) is 36.4 Å². The predicted octanol–water partition coefficient (Wildman–Crippen LogP) is 4.31. The summed E-state index contributed by atoms with van der Waals surface area (Å²) in [6, 6.07) is 11.6. The van der Waals surface area contributed by atoms with E-state index in [0.717, 1.165) is 35.3 Å². The first-order chi connectivity index (χ1) is 9.69. The van der Waals surface area contributed by atoms with E-state index in [2.05, 4.69) is 0 Å². The lowest BCUT2D eigenvalue weighted by atomic mass is 9.95. The molecule has 0 radical (unpaired) electrons. The van der Waals surface area contributed by atoms with E-state index in [4.69, 9.17) is 33.7 Å². The highest BCUT2D eigenvalue weighted by Crippen LogP contribution is 2.42. The van der Waals surface area contributed by atoms with Gasteiger partial charge in [0, 0.05) is 27.7 Å². The lowest BCUT2D eigenvalue weighted by molar-refractivity contribution is 0.182. The zero-order chi connectivity index (χ0) is 14.1. The second-order valence-corrected chi connectivity index (χ2v) is 5.78. The largest absolute Gasteiger partial charge is 0.488 e. The number of fused-ring (bicyclic) bond motifs is 1. The molecule has 0 amide bonds. The van der Waals surface area contributed by atoms with Crippen LogP contribution in [-0.2, 0) is 6.42 Å². The average molecular weight is 308 g/mol. The number of halogens is 2. The van der Waals surface area contributed by atoms with Gasteiger partial charge >= 0.3 is 0 Å². The van der Waals surface area contributed by atoms with E-state index < -0.39 is 0 Å². The van der Waals surface area contributed by atoms with Crippen molar-refractivity contribution in [2.24, 2.45) is 5.73 Å². The molecule has 2 nitrogen and oxygen atoms in total. The molecule has 0 bridgehead atoms. The molecule has 0 aliphatic carbocycles. The van der Waals surface area contributed by atoms with Crippen molar-refractivity contribution in [2.75, 3.05) is 6.54 Å². The Hall–Kier alpha value is -1.22. The van der Waals surface area contributed by atoms with Crippen LogP contribution in [-0.4, -0.2) is 12.6 Å². The quantitative estimate of drug-likeness (QED) is 0.897. The number of benzene rings is 2. The second-order valence-electron chi connectivity index (χ2n) is 4.94. The number of rotatable bonds is 2. The van der Waals surface area contributed by atoms with Crippen LogP contribution >= 0.6 is 23.2 Å². The molecule has 4 heteroatoms. The average Bonchev–Trinajstić information content (AvgIpc) is 2.46. The van der Waals surface area contributed by atoms with E-state index in [0.29, 0.717) is 16.6 Å². The molecule has 0 fully saturated rings. The van der Waals surface area contributed by atoms with Gasteiger partial charge in [-0.25, -0.2) is 0 Å². The zero-order valence-corrected chi connectivity index (χ0v) is 12.4. The first kappa shape index (κ1) is 13.7. The molecular formula is C16H15Cl2NO. The zero-order valence-electron chi connectivity index (χ0n) is 10.9. The highest BCUT2D eigenvalue weighted by Gasteiger charge is 2.23. The van der Waals surface area contributed by atoms with Crippen molar-refractivity contribution < 1.29 is 4.74 Å². The molecule has 20 heavy (non-hydrogen) atoms. The summed E-state index contributed by atoms with van der Waals surface area (Å²) in [6.45, 7) is 0.518. The summed E-state index contributed by atoms with van der Waals surface area (Å²) >= 11 is 12.5. The molecule has 1 heterocycles. The maximum Gasteiger partial charge on any atom is 0.130 e. The van der Waals surface area contributed by atoms with E-state index in [9.17, 15) is 0 Å². The van der Waals surface area contributed by atoms with Gasteiger partial charge in [-0.15, -0.1) is 0 Å². The minimum atomic E-state index is 0.0601. The van der Waals surface area contributed by atoms with Crippen molar-refractivity contribution in [3.63, 3.8) is 0 Å². The number of aryl methyl sites for hydroxylation is 1. The van der Waals surface area contributed by atoms with E-state index in [1.54, 1.807) is 0 Å². The summed E-state index contributed by atoms with van der Waals surface area (Å²) in [5.74, 6) is 0.865. The van der Waals surface area contributed by atoms with Crippen molar-refractivity contribution >= 4 is 23.2 Å². The third-order valence-corrected chi connectivity index (χ3v) is 4.13. The number of hydrogen-bond donors (Lipinski definition) is 1. The molecule has 1 atom stereocenters. The molecular weight excluding hydrogens is 293 g/mol. The summed E-state index contributed by atoms with van der Waals surface area (Å²) in [4.78, 5) is 0. The monoisotopic (exact) mass is 307 g/mol. The third kappa shape index (κ3) is 2.51. The van der Waals surface area contributed by atoms with Crippen molar-refractivity contribution in [1.29, 1.82) is 0 Å². The molecule has 0 saturated heterocycles. The molecule has 0 spiro atoms. The Morgan fingerprint density at radius 1 is 1.15 bits per heavy atom. The minimum Gasteiger partial charge on any atom is -0.488 e. The van der Waals surface area contributed by atoms with Crippen molar-refractivity contribution in [3.05, 3.63) is 52.0 Å². The van der Waals surface area contributed by atoms with Gasteiger partial charge in [0.05, 0.1) is 0 Å². The fourth-order valence-electron chi connectivity index (χ4n) is 2.56. The minimum absolute atomic E-state index is 0.0601. The van der Waals surface area contributed by atoms with Gasteiger partial charge in [0.1, 0.15) is 11.9 Å². The molecule has 3 rings (SSSR count). The molecule has 1 aliphatic heterocycles. The van der Waals surface area contributed by atoms with Crippen LogP contribution in [0.25, 0.3) is 11.1 Å². The van der Waals surface area contributed by atoms with Gasteiger partial charge < -0.3 is 10.5 Å². The fraction of sp³-hybridized carbons (Fsp3) is 0.250. The normalized spacial score (nSPS) is 17.4. The number of nitrogens with two attached hydrogens (primary N) is 1. The van der Waals surface area contributed by atoms with Crippen LogP contribution in [0.4, 0.5) is 0 Å². The molecule has 2 aromatic carbocycles. The smallest absolute Gasteiger partial charge is 0.130 e. The summed E-state index contributed by atoms with van der Waals surface area (Å²) in [7, 11) is 0. The Morgan fingerprint density at radius 2 is 1.95 bits per heavy atom. The first-order valence-corrected chi connectivity index (χ1v) is 7.38. The van der Waals surface area contributed by atoms with E-state index in [1.807, 2.05) is 36.4 Å². The van der Waals surface area contributed by atoms with Gasteiger partial charge in [0.15, 0.2) is 0 Å². The lowest BCUT2D eigenvalue weighted by Crippen LogP contribution is -2.30. The van der Waals surface area contributed by atoms with E-state index in [1.165, 1.54) is 0 Å². The molecule has 0 unspecified atom stereocenters. The SMILES string of the molecule is NC[C@H]1CCc2cc(Cl)cc(-c3ccccc3Cl)c2O1. The lowest BCUT2D eigenvalue weighted by Gasteiger charge is -2.27. The van der Waals surface area contributed by atoms with E-state index >= 15 is 0 Å². The Kier molecular flexibility index (Phi) is 3.88. The van der Waals surface area contributed by atoms with Crippen LogP contribution in [0.5, 0.6) is 5.75 Å². The number of hydrogen-bond acceptors (Lipinski definition) is 2. The van der Waals surface area contributed by atoms with Crippen LogP contribution in [0, 0.1) is 0 Å². The van der Waals surface area contributed by atoms with Crippen molar-refractivity contribution in [3.8, 4) is 16.9 Å². The fourth-order valence-corrected chi connectivity index (χ4v) is 3.04. The van der Waals surface area contributed by atoms with Crippen LogP contribution < -0.4 is 10.5 Å². The second kappa shape index (κ2) is 5.65. The van der Waals surface area contributed by atoms with Gasteiger partial charge in [-0.3, -0.25) is 0 Å². The molecule has 2 N–H and O–H groups in total. The molecule has 0 saturated carbocycles. The highest BCUT2D eigenvalue weighted by atomic mass is 35.5. The van der Waals surface area contributed by atoms with Crippen LogP contribution in [0.1, 0.15) is 12.0 Å². The summed E-state index contributed by atoms with van der Waals surface area (Å²) in [5.41, 5.74) is 8.73. The molecule has 2 aromatic rings. The maximum atomic E-state index is 6.30. The highest BCUT2D eigenvalue weighted by molar-refractivity contribution is 6.34. The Bertz CT molecular complexity index is 642. The van der Waals surface area contributed by atoms with Crippen LogP contribution in [0.2, 0.25) is 10.0 Å². The molecule has 0 aromatic heterocycles. The third-order valence-electron chi connectivity index (χ3n) is 3.58. The summed E-state index contributed by atoms with van der Waals surface area (Å²) in [5, 5.41) is 1.39. The van der Waals surface area contributed by atoms with Gasteiger partial charge in [0.25, 0.3) is 0 Å². The number of ether oxygens (including phenoxy) is 1. The van der Waals surface area contributed by atoms with Crippen molar-refractivity contribution in [1.82, 2.24) is 0 Å². The Balaban J connectivity index is 2.16. The molecule has 104 valence electrons. The van der Waals surface area contributed by atoms with E-state index in [-0.39, 0.29) is 6.10 Å².